The predicted octanol–water partition coefficient (Wildman–Crippen LogP) is 6.36. The molecule has 0 aliphatic heterocycles. The third kappa shape index (κ3) is 5.45. The van der Waals surface area contributed by atoms with E-state index >= 15 is 0 Å². The van der Waals surface area contributed by atoms with Gasteiger partial charge in [-0.15, -0.1) is 0 Å². The zero-order valence-electron chi connectivity index (χ0n) is 21.5. The summed E-state index contributed by atoms with van der Waals surface area (Å²) in [5, 5.41) is 4.19. The number of benzene rings is 2. The number of fused-ring (bicyclic) bond motifs is 1. The van der Waals surface area contributed by atoms with Gasteiger partial charge in [0.25, 0.3) is 5.91 Å². The van der Waals surface area contributed by atoms with E-state index in [0.717, 1.165) is 40.6 Å². The van der Waals surface area contributed by atoms with Crippen LogP contribution in [0.2, 0.25) is 0 Å². The lowest BCUT2D eigenvalue weighted by atomic mass is 9.84. The lowest BCUT2D eigenvalue weighted by Crippen LogP contribution is -2.39. The number of para-hydroxylation sites is 1. The molecule has 3 aromatic rings. The van der Waals surface area contributed by atoms with Gasteiger partial charge >= 0.3 is 0 Å². The second-order valence-corrected chi connectivity index (χ2v) is 10.8. The Morgan fingerprint density at radius 2 is 1.67 bits per heavy atom. The first-order valence-corrected chi connectivity index (χ1v) is 13.5. The van der Waals surface area contributed by atoms with E-state index in [0.29, 0.717) is 30.4 Å². The largest absolute Gasteiger partial charge is 0.349 e. The second kappa shape index (κ2) is 10.8. The molecule has 2 saturated carbocycles. The van der Waals surface area contributed by atoms with Crippen LogP contribution in [0.25, 0.3) is 22.2 Å². The average molecular weight is 484 g/mol. The summed E-state index contributed by atoms with van der Waals surface area (Å²) in [5.41, 5.74) is 3.99. The summed E-state index contributed by atoms with van der Waals surface area (Å²) in [6.07, 6.45) is 8.95. The normalized spacial score (nSPS) is 17.1. The topological polar surface area (TPSA) is 62.3 Å². The average Bonchev–Trinajstić information content (AvgIpc) is 3.73. The van der Waals surface area contributed by atoms with E-state index in [-0.39, 0.29) is 17.9 Å². The first-order chi connectivity index (χ1) is 17.5. The first kappa shape index (κ1) is 24.5. The first-order valence-electron chi connectivity index (χ1n) is 13.5. The molecule has 1 aromatic heterocycles. The van der Waals surface area contributed by atoms with Gasteiger partial charge in [0.2, 0.25) is 5.91 Å². The van der Waals surface area contributed by atoms with Crippen LogP contribution in [0.15, 0.2) is 54.6 Å². The molecular weight excluding hydrogens is 446 g/mol. The van der Waals surface area contributed by atoms with Crippen molar-refractivity contribution in [3.63, 3.8) is 0 Å². The van der Waals surface area contributed by atoms with Crippen LogP contribution < -0.4 is 5.32 Å². The van der Waals surface area contributed by atoms with E-state index in [9.17, 15) is 9.59 Å². The Kier molecular flexibility index (Phi) is 7.35. The Labute approximate surface area is 214 Å². The van der Waals surface area contributed by atoms with Crippen molar-refractivity contribution in [3.05, 3.63) is 65.7 Å². The molecule has 1 heterocycles. The van der Waals surface area contributed by atoms with E-state index in [1.54, 1.807) is 4.90 Å². The maximum atomic E-state index is 14.0. The minimum atomic E-state index is -0.0677. The van der Waals surface area contributed by atoms with Crippen molar-refractivity contribution >= 4 is 22.7 Å². The molecule has 0 bridgehead atoms. The molecule has 0 unspecified atom stereocenters. The number of aromatic nitrogens is 1. The molecule has 5 rings (SSSR count). The zero-order valence-corrected chi connectivity index (χ0v) is 21.5. The summed E-state index contributed by atoms with van der Waals surface area (Å²) in [6, 6.07) is 18.0. The van der Waals surface area contributed by atoms with Gasteiger partial charge in [0.05, 0.1) is 16.8 Å². The van der Waals surface area contributed by atoms with Crippen LogP contribution in [-0.4, -0.2) is 34.8 Å². The molecule has 0 spiro atoms. The quantitative estimate of drug-likeness (QED) is 0.406. The molecule has 5 heteroatoms. The van der Waals surface area contributed by atoms with Gasteiger partial charge in [-0.1, -0.05) is 67.8 Å². The summed E-state index contributed by atoms with van der Waals surface area (Å²) in [7, 11) is 1.85. The Balaban J connectivity index is 1.57. The van der Waals surface area contributed by atoms with Crippen molar-refractivity contribution in [2.24, 2.45) is 11.8 Å². The van der Waals surface area contributed by atoms with Crippen LogP contribution in [0.4, 0.5) is 0 Å². The molecule has 2 aliphatic rings. The number of nitrogens with one attached hydrogen (secondary N) is 1. The lowest BCUT2D eigenvalue weighted by molar-refractivity contribution is -0.130. The molecule has 2 amide bonds. The van der Waals surface area contributed by atoms with E-state index in [4.69, 9.17) is 4.98 Å². The Morgan fingerprint density at radius 3 is 2.39 bits per heavy atom. The Morgan fingerprint density at radius 1 is 0.972 bits per heavy atom. The minimum Gasteiger partial charge on any atom is -0.349 e. The van der Waals surface area contributed by atoms with Gasteiger partial charge < -0.3 is 10.2 Å². The highest BCUT2D eigenvalue weighted by atomic mass is 16.2. The maximum Gasteiger partial charge on any atom is 0.252 e. The van der Waals surface area contributed by atoms with Gasteiger partial charge in [0, 0.05) is 42.6 Å². The standard InChI is InChI=1S/C31H37N3O2/c1-21(23-11-5-3-6-12-23)32-31(36)29-25-15-9-10-16-27(25)33-30(24-13-7-4-8-14-24)26(29)20-34(2)28(35)19-22-17-18-22/h4,7-10,13-16,21-23H,3,5-6,11-12,17-20H2,1-2H3,(H,32,36)/t21-/m0/s1. The van der Waals surface area contributed by atoms with Gasteiger partial charge in [-0.25, -0.2) is 4.98 Å². The Bertz CT molecular complexity index is 1230. The van der Waals surface area contributed by atoms with Crippen LogP contribution in [0.5, 0.6) is 0 Å². The SMILES string of the molecule is C[C@H](NC(=O)c1c(CN(C)C(=O)CC2CC2)c(-c2ccccc2)nc2ccccc12)C1CCCCC1. The third-order valence-electron chi connectivity index (χ3n) is 7.96. The zero-order chi connectivity index (χ0) is 25.1. The highest BCUT2D eigenvalue weighted by molar-refractivity contribution is 6.09. The number of pyridine rings is 1. The van der Waals surface area contributed by atoms with Crippen molar-refractivity contribution in [2.45, 2.75) is 70.9 Å². The fourth-order valence-electron chi connectivity index (χ4n) is 5.58. The lowest BCUT2D eigenvalue weighted by Gasteiger charge is -2.29. The minimum absolute atomic E-state index is 0.0677. The second-order valence-electron chi connectivity index (χ2n) is 10.8. The molecule has 0 radical (unpaired) electrons. The number of amides is 2. The van der Waals surface area contributed by atoms with Gasteiger partial charge in [0.1, 0.15) is 0 Å². The Hall–Kier alpha value is -3.21. The molecule has 1 N–H and O–H groups in total. The third-order valence-corrected chi connectivity index (χ3v) is 7.96. The number of nitrogens with zero attached hydrogens (tertiary/aromatic N) is 2. The summed E-state index contributed by atoms with van der Waals surface area (Å²) in [4.78, 5) is 33.8. The van der Waals surface area contributed by atoms with E-state index < -0.39 is 0 Å². The molecular formula is C31H37N3O2. The maximum absolute atomic E-state index is 14.0. The van der Waals surface area contributed by atoms with Crippen LogP contribution in [0.1, 0.15) is 74.2 Å². The molecule has 2 aromatic carbocycles. The van der Waals surface area contributed by atoms with Crippen molar-refractivity contribution in [1.82, 2.24) is 15.2 Å². The molecule has 188 valence electrons. The monoisotopic (exact) mass is 483 g/mol. The summed E-state index contributed by atoms with van der Waals surface area (Å²) < 4.78 is 0. The highest BCUT2D eigenvalue weighted by Gasteiger charge is 2.29. The molecule has 36 heavy (non-hydrogen) atoms. The summed E-state index contributed by atoms with van der Waals surface area (Å²) in [6.45, 7) is 2.49. The predicted molar refractivity (Wildman–Crippen MR) is 144 cm³/mol. The number of carbonyl (C=O) groups is 2. The molecule has 1 atom stereocenters. The van der Waals surface area contributed by atoms with Gasteiger partial charge in [-0.3, -0.25) is 9.59 Å². The fraction of sp³-hybridized carbons (Fsp3) is 0.452. The van der Waals surface area contributed by atoms with Crippen LogP contribution in [0.3, 0.4) is 0 Å². The molecule has 5 nitrogen and oxygen atoms in total. The highest BCUT2D eigenvalue weighted by Crippen LogP contribution is 2.35. The van der Waals surface area contributed by atoms with Crippen LogP contribution >= 0.6 is 0 Å². The summed E-state index contributed by atoms with van der Waals surface area (Å²) in [5.74, 6) is 1.09. The smallest absolute Gasteiger partial charge is 0.252 e. The number of rotatable bonds is 8. The molecule has 2 aliphatic carbocycles. The number of hydrogen-bond acceptors (Lipinski definition) is 3. The van der Waals surface area contributed by atoms with Gasteiger partial charge in [-0.05, 0) is 50.5 Å². The molecule has 2 fully saturated rings. The van der Waals surface area contributed by atoms with Crippen molar-refractivity contribution in [1.29, 1.82) is 0 Å². The van der Waals surface area contributed by atoms with Crippen molar-refractivity contribution in [2.75, 3.05) is 7.05 Å². The summed E-state index contributed by atoms with van der Waals surface area (Å²) >= 11 is 0. The number of hydrogen-bond donors (Lipinski definition) is 1. The van der Waals surface area contributed by atoms with Gasteiger partial charge in [0.15, 0.2) is 0 Å². The number of carbonyl (C=O) groups excluding carboxylic acids is 2. The van der Waals surface area contributed by atoms with Crippen molar-refractivity contribution in [3.8, 4) is 11.3 Å². The van der Waals surface area contributed by atoms with Crippen LogP contribution in [-0.2, 0) is 11.3 Å². The fourth-order valence-corrected chi connectivity index (χ4v) is 5.58. The van der Waals surface area contributed by atoms with E-state index in [1.807, 2.05) is 61.6 Å². The van der Waals surface area contributed by atoms with Crippen LogP contribution in [0, 0.1) is 11.8 Å². The molecule has 0 saturated heterocycles. The van der Waals surface area contributed by atoms with Crippen molar-refractivity contribution < 1.29 is 9.59 Å². The van der Waals surface area contributed by atoms with E-state index in [1.165, 1.54) is 32.1 Å². The van der Waals surface area contributed by atoms with Gasteiger partial charge in [-0.2, -0.15) is 0 Å². The van der Waals surface area contributed by atoms with E-state index in [2.05, 4.69) is 12.2 Å².